The Morgan fingerprint density at radius 1 is 1.50 bits per heavy atom. The molecule has 1 aromatic heterocycles. The van der Waals surface area contributed by atoms with Gasteiger partial charge in [0, 0.05) is 37.0 Å². The summed E-state index contributed by atoms with van der Waals surface area (Å²) in [4.78, 5) is 19.0. The fourth-order valence-electron chi connectivity index (χ4n) is 2.53. The average Bonchev–Trinajstić information content (AvgIpc) is 2.63. The van der Waals surface area contributed by atoms with E-state index >= 15 is 0 Å². The molecule has 0 spiro atoms. The Labute approximate surface area is 112 Å². The number of carbonyl (C=O) groups excluding carboxylic acids is 1. The first-order valence-electron chi connectivity index (χ1n) is 6.41. The number of hydrogen-bond donors (Lipinski definition) is 1. The van der Waals surface area contributed by atoms with Crippen molar-refractivity contribution < 1.29 is 4.79 Å². The molecule has 1 saturated heterocycles. The highest BCUT2D eigenvalue weighted by Gasteiger charge is 2.25. The number of amides is 1. The van der Waals surface area contributed by atoms with E-state index in [-0.39, 0.29) is 5.91 Å². The van der Waals surface area contributed by atoms with E-state index < -0.39 is 0 Å². The number of nitrogens with zero attached hydrogens (tertiary/aromatic N) is 2. The van der Waals surface area contributed by atoms with Crippen molar-refractivity contribution >= 4 is 17.2 Å². The first-order valence-corrected chi connectivity index (χ1v) is 7.23. The zero-order valence-electron chi connectivity index (χ0n) is 11.5. The molecular formula is C13H21N3OS. The summed E-state index contributed by atoms with van der Waals surface area (Å²) in [5.41, 5.74) is 1.12. The van der Waals surface area contributed by atoms with E-state index in [0.29, 0.717) is 18.5 Å². The Morgan fingerprint density at radius 2 is 2.22 bits per heavy atom. The molecule has 2 rings (SSSR count). The molecule has 0 bridgehead atoms. The third-order valence-corrected chi connectivity index (χ3v) is 4.70. The second-order valence-electron chi connectivity index (χ2n) is 5.08. The minimum atomic E-state index is 0.255. The minimum absolute atomic E-state index is 0.255. The summed E-state index contributed by atoms with van der Waals surface area (Å²) in [7, 11) is 1.88. The predicted molar refractivity (Wildman–Crippen MR) is 73.8 cm³/mol. The van der Waals surface area contributed by atoms with Crippen LogP contribution < -0.4 is 5.32 Å². The van der Waals surface area contributed by atoms with Crippen LogP contribution in [0.15, 0.2) is 0 Å². The second kappa shape index (κ2) is 5.36. The van der Waals surface area contributed by atoms with Gasteiger partial charge in [-0.1, -0.05) is 0 Å². The number of likely N-dealkylation sites (N-methyl/N-ethyl adjacent to an activating group) is 1. The fourth-order valence-corrected chi connectivity index (χ4v) is 3.47. The molecule has 1 N–H and O–H groups in total. The van der Waals surface area contributed by atoms with E-state index in [9.17, 15) is 4.79 Å². The Bertz CT molecular complexity index is 443. The van der Waals surface area contributed by atoms with E-state index in [1.165, 1.54) is 4.88 Å². The van der Waals surface area contributed by atoms with E-state index in [1.54, 1.807) is 11.3 Å². The van der Waals surface area contributed by atoms with Gasteiger partial charge in [0.2, 0.25) is 5.91 Å². The highest BCUT2D eigenvalue weighted by Crippen LogP contribution is 2.25. The number of aryl methyl sites for hydroxylation is 2. The lowest BCUT2D eigenvalue weighted by Gasteiger charge is -2.32. The Hall–Kier alpha value is -0.940. The maximum absolute atomic E-state index is 11.4. The largest absolute Gasteiger partial charge is 0.344 e. The van der Waals surface area contributed by atoms with Crippen LogP contribution in [0, 0.1) is 13.8 Å². The molecule has 5 heteroatoms. The topological polar surface area (TPSA) is 45.2 Å². The summed E-state index contributed by atoms with van der Waals surface area (Å²) in [5.74, 6) is 0.255. The van der Waals surface area contributed by atoms with Crippen LogP contribution in [0.25, 0.3) is 0 Å². The maximum Gasteiger partial charge on any atom is 0.222 e. The molecule has 1 aliphatic rings. The highest BCUT2D eigenvalue weighted by molar-refractivity contribution is 7.11. The highest BCUT2D eigenvalue weighted by atomic mass is 32.1. The first-order chi connectivity index (χ1) is 8.47. The van der Waals surface area contributed by atoms with Crippen molar-refractivity contribution in [3.05, 3.63) is 15.6 Å². The van der Waals surface area contributed by atoms with Crippen molar-refractivity contribution in [2.24, 2.45) is 0 Å². The molecule has 0 radical (unpaired) electrons. The van der Waals surface area contributed by atoms with Gasteiger partial charge in [0.25, 0.3) is 0 Å². The van der Waals surface area contributed by atoms with Gasteiger partial charge in [-0.25, -0.2) is 4.98 Å². The van der Waals surface area contributed by atoms with Gasteiger partial charge in [-0.3, -0.25) is 4.79 Å². The molecular weight excluding hydrogens is 246 g/mol. The van der Waals surface area contributed by atoms with Crippen LogP contribution in [0.4, 0.5) is 0 Å². The van der Waals surface area contributed by atoms with E-state index in [2.05, 4.69) is 24.1 Å². The van der Waals surface area contributed by atoms with Crippen molar-refractivity contribution in [1.82, 2.24) is 15.2 Å². The molecule has 2 atom stereocenters. The predicted octanol–water partition coefficient (Wildman–Crippen LogP) is 2.03. The van der Waals surface area contributed by atoms with E-state index in [0.717, 1.165) is 23.7 Å². The van der Waals surface area contributed by atoms with E-state index in [1.807, 2.05) is 18.9 Å². The average molecular weight is 267 g/mol. The number of carbonyl (C=O) groups is 1. The van der Waals surface area contributed by atoms with Crippen molar-refractivity contribution in [2.45, 2.75) is 45.7 Å². The van der Waals surface area contributed by atoms with Gasteiger partial charge in [0.05, 0.1) is 10.7 Å². The van der Waals surface area contributed by atoms with Gasteiger partial charge in [-0.15, -0.1) is 11.3 Å². The summed E-state index contributed by atoms with van der Waals surface area (Å²) in [5, 5.41) is 4.73. The van der Waals surface area contributed by atoms with Gasteiger partial charge in [0.1, 0.15) is 0 Å². The summed E-state index contributed by atoms with van der Waals surface area (Å²) in [6, 6.07) is 0.701. The fraction of sp³-hybridized carbons (Fsp3) is 0.692. The van der Waals surface area contributed by atoms with Crippen LogP contribution in [0.3, 0.4) is 0 Å². The number of nitrogens with one attached hydrogen (secondary N) is 1. The zero-order valence-corrected chi connectivity index (χ0v) is 12.3. The van der Waals surface area contributed by atoms with Crippen LogP contribution >= 0.6 is 11.3 Å². The van der Waals surface area contributed by atoms with Crippen LogP contribution in [-0.2, 0) is 4.79 Å². The maximum atomic E-state index is 11.4. The van der Waals surface area contributed by atoms with Gasteiger partial charge >= 0.3 is 0 Å². The first kappa shape index (κ1) is 13.5. The molecule has 4 nitrogen and oxygen atoms in total. The molecule has 0 aromatic carbocycles. The van der Waals surface area contributed by atoms with Crippen LogP contribution in [0.2, 0.25) is 0 Å². The lowest BCUT2D eigenvalue weighted by molar-refractivity contribution is -0.132. The van der Waals surface area contributed by atoms with Crippen molar-refractivity contribution in [3.8, 4) is 0 Å². The minimum Gasteiger partial charge on any atom is -0.344 e. The molecule has 2 unspecified atom stereocenters. The molecule has 1 amide bonds. The van der Waals surface area contributed by atoms with Gasteiger partial charge < -0.3 is 10.2 Å². The third kappa shape index (κ3) is 2.90. The quantitative estimate of drug-likeness (QED) is 0.911. The number of piperidine rings is 1. The van der Waals surface area contributed by atoms with Crippen LogP contribution in [0.5, 0.6) is 0 Å². The SMILES string of the molecule is Cc1nc(C)c(C(C)NC2CCC(=O)N(C)C2)s1. The Kier molecular flexibility index (Phi) is 4.02. The standard InChI is InChI=1S/C13H21N3OS/c1-8-13(18-10(3)14-8)9(2)15-11-5-6-12(17)16(4)7-11/h9,11,15H,5-7H2,1-4H3. The third-order valence-electron chi connectivity index (χ3n) is 3.45. The van der Waals surface area contributed by atoms with Gasteiger partial charge in [-0.05, 0) is 27.2 Å². The molecule has 1 aliphatic heterocycles. The lowest BCUT2D eigenvalue weighted by atomic mass is 10.0. The Morgan fingerprint density at radius 3 is 2.78 bits per heavy atom. The van der Waals surface area contributed by atoms with Crippen molar-refractivity contribution in [3.63, 3.8) is 0 Å². The molecule has 1 aromatic rings. The smallest absolute Gasteiger partial charge is 0.222 e. The molecule has 2 heterocycles. The lowest BCUT2D eigenvalue weighted by Crippen LogP contribution is -2.47. The molecule has 0 saturated carbocycles. The normalized spacial score (nSPS) is 22.3. The number of hydrogen-bond acceptors (Lipinski definition) is 4. The zero-order chi connectivity index (χ0) is 13.3. The summed E-state index contributed by atoms with van der Waals surface area (Å²) in [6.07, 6.45) is 1.59. The van der Waals surface area contributed by atoms with Crippen LogP contribution in [0.1, 0.15) is 41.4 Å². The van der Waals surface area contributed by atoms with Crippen molar-refractivity contribution in [1.29, 1.82) is 0 Å². The molecule has 18 heavy (non-hydrogen) atoms. The summed E-state index contributed by atoms with van der Waals surface area (Å²) >= 11 is 1.76. The monoisotopic (exact) mass is 267 g/mol. The van der Waals surface area contributed by atoms with Gasteiger partial charge in [-0.2, -0.15) is 0 Å². The molecule has 100 valence electrons. The number of aromatic nitrogens is 1. The number of rotatable bonds is 3. The van der Waals surface area contributed by atoms with Gasteiger partial charge in [0.15, 0.2) is 0 Å². The molecule has 1 fully saturated rings. The van der Waals surface area contributed by atoms with E-state index in [4.69, 9.17) is 0 Å². The molecule has 0 aliphatic carbocycles. The number of likely N-dealkylation sites (tertiary alicyclic amines) is 1. The van der Waals surface area contributed by atoms with Crippen molar-refractivity contribution in [2.75, 3.05) is 13.6 Å². The summed E-state index contributed by atoms with van der Waals surface area (Å²) < 4.78 is 0. The second-order valence-corrected chi connectivity index (χ2v) is 6.32. The Balaban J connectivity index is 1.97. The summed E-state index contributed by atoms with van der Waals surface area (Å²) in [6.45, 7) is 7.09. The number of thiazole rings is 1. The van der Waals surface area contributed by atoms with Crippen LogP contribution in [-0.4, -0.2) is 35.4 Å².